The van der Waals surface area contributed by atoms with E-state index in [2.05, 4.69) is 25.1 Å². The molecule has 0 aliphatic carbocycles. The Morgan fingerprint density at radius 3 is 2.62 bits per heavy atom. The third-order valence-electron chi connectivity index (χ3n) is 4.16. The molecule has 0 fully saturated rings. The zero-order valence-corrected chi connectivity index (χ0v) is 12.1. The summed E-state index contributed by atoms with van der Waals surface area (Å²) in [5, 5.41) is 12.7. The fourth-order valence-electron chi connectivity index (χ4n) is 3.30. The molecule has 0 bridgehead atoms. The number of rotatable bonds is 0. The van der Waals surface area contributed by atoms with Gasteiger partial charge in [0.1, 0.15) is 5.75 Å². The van der Waals surface area contributed by atoms with E-state index in [0.29, 0.717) is 0 Å². The molecule has 0 spiro atoms. The summed E-state index contributed by atoms with van der Waals surface area (Å²) in [4.78, 5) is 0. The van der Waals surface area contributed by atoms with E-state index < -0.39 is 6.29 Å². The van der Waals surface area contributed by atoms with Crippen molar-refractivity contribution < 1.29 is 9.84 Å². The molecule has 1 atom stereocenters. The van der Waals surface area contributed by atoms with Crippen molar-refractivity contribution in [3.63, 3.8) is 0 Å². The Hall–Kier alpha value is -2.32. The monoisotopic (exact) mass is 276 g/mol. The van der Waals surface area contributed by atoms with Crippen molar-refractivity contribution >= 4 is 10.8 Å². The lowest BCUT2D eigenvalue weighted by Gasteiger charge is -2.28. The quantitative estimate of drug-likeness (QED) is 0.654. The molecule has 0 amide bonds. The van der Waals surface area contributed by atoms with Crippen LogP contribution in [0.4, 0.5) is 0 Å². The van der Waals surface area contributed by atoms with Crippen molar-refractivity contribution in [2.24, 2.45) is 0 Å². The van der Waals surface area contributed by atoms with Gasteiger partial charge in [0.2, 0.25) is 6.29 Å². The average Bonchev–Trinajstić information content (AvgIpc) is 2.46. The molecule has 4 rings (SSSR count). The van der Waals surface area contributed by atoms with Crippen molar-refractivity contribution in [3.8, 4) is 16.9 Å². The number of hydrogen-bond donors (Lipinski definition) is 1. The van der Waals surface area contributed by atoms with Gasteiger partial charge < -0.3 is 9.84 Å². The Kier molecular flexibility index (Phi) is 2.57. The average molecular weight is 276 g/mol. The highest BCUT2D eigenvalue weighted by Gasteiger charge is 2.27. The van der Waals surface area contributed by atoms with Crippen molar-refractivity contribution in [3.05, 3.63) is 65.2 Å². The zero-order chi connectivity index (χ0) is 14.6. The molecule has 0 aromatic heterocycles. The zero-order valence-electron chi connectivity index (χ0n) is 12.1. The molecule has 2 nitrogen and oxygen atoms in total. The molecule has 0 radical (unpaired) electrons. The van der Waals surface area contributed by atoms with Gasteiger partial charge in [-0.3, -0.25) is 0 Å². The summed E-state index contributed by atoms with van der Waals surface area (Å²) in [5.74, 6) is 0.767. The van der Waals surface area contributed by atoms with E-state index in [-0.39, 0.29) is 0 Å². The van der Waals surface area contributed by atoms with Gasteiger partial charge in [0.15, 0.2) is 0 Å². The molecule has 3 aromatic rings. The molecule has 1 unspecified atom stereocenters. The lowest BCUT2D eigenvalue weighted by Crippen LogP contribution is -2.14. The molecule has 104 valence electrons. The number of aliphatic hydroxyl groups is 1. The number of aliphatic hydroxyl groups excluding tert-OH is 1. The van der Waals surface area contributed by atoms with E-state index in [0.717, 1.165) is 33.4 Å². The molecule has 1 N–H and O–H groups in total. The second kappa shape index (κ2) is 4.34. The maximum absolute atomic E-state index is 10.3. The van der Waals surface area contributed by atoms with Crippen LogP contribution in [-0.4, -0.2) is 5.11 Å². The number of fused-ring (bicyclic) bond motifs is 5. The first-order valence-corrected chi connectivity index (χ1v) is 7.13. The van der Waals surface area contributed by atoms with Crippen LogP contribution in [-0.2, 0) is 0 Å². The van der Waals surface area contributed by atoms with Crippen LogP contribution in [0.2, 0.25) is 0 Å². The van der Waals surface area contributed by atoms with Crippen molar-refractivity contribution in [1.82, 2.24) is 0 Å². The van der Waals surface area contributed by atoms with Crippen LogP contribution in [0.25, 0.3) is 21.9 Å². The fraction of sp³-hybridized carbons (Fsp3) is 0.158. The highest BCUT2D eigenvalue weighted by atomic mass is 16.6. The molecular formula is C19H16O2. The molecule has 3 aromatic carbocycles. The third-order valence-corrected chi connectivity index (χ3v) is 4.16. The maximum atomic E-state index is 10.3. The van der Waals surface area contributed by atoms with Gasteiger partial charge in [-0.05, 0) is 41.8 Å². The molecule has 21 heavy (non-hydrogen) atoms. The first kappa shape index (κ1) is 12.4. The number of ether oxygens (including phenoxy) is 1. The Bertz CT molecular complexity index is 865. The van der Waals surface area contributed by atoms with Gasteiger partial charge in [0.05, 0.1) is 0 Å². The predicted molar refractivity (Wildman–Crippen MR) is 84.4 cm³/mol. The second-order valence-electron chi connectivity index (χ2n) is 5.68. The van der Waals surface area contributed by atoms with Crippen LogP contribution < -0.4 is 4.74 Å². The lowest BCUT2D eigenvalue weighted by atomic mass is 9.87. The van der Waals surface area contributed by atoms with Crippen LogP contribution in [0.3, 0.4) is 0 Å². The number of hydrogen-bond acceptors (Lipinski definition) is 2. The van der Waals surface area contributed by atoms with E-state index in [9.17, 15) is 5.11 Å². The van der Waals surface area contributed by atoms with Crippen LogP contribution in [0, 0.1) is 13.8 Å². The molecule has 2 heteroatoms. The summed E-state index contributed by atoms with van der Waals surface area (Å²) in [6.07, 6.45) is -0.904. The van der Waals surface area contributed by atoms with Crippen molar-refractivity contribution in [2.75, 3.05) is 0 Å². The van der Waals surface area contributed by atoms with Gasteiger partial charge in [-0.25, -0.2) is 0 Å². The fourth-order valence-corrected chi connectivity index (χ4v) is 3.30. The van der Waals surface area contributed by atoms with Crippen LogP contribution in [0.15, 0.2) is 48.5 Å². The van der Waals surface area contributed by atoms with Gasteiger partial charge in [0, 0.05) is 16.7 Å². The predicted octanol–water partition coefficient (Wildman–Crippen LogP) is 4.51. The molecular weight excluding hydrogens is 260 g/mol. The molecule has 1 heterocycles. The summed E-state index contributed by atoms with van der Waals surface area (Å²) in [6.45, 7) is 4.14. The lowest BCUT2D eigenvalue weighted by molar-refractivity contribution is -0.0212. The highest BCUT2D eigenvalue weighted by molar-refractivity contribution is 6.01. The highest BCUT2D eigenvalue weighted by Crippen LogP contribution is 2.46. The van der Waals surface area contributed by atoms with Gasteiger partial charge in [-0.1, -0.05) is 42.5 Å². The minimum atomic E-state index is -0.904. The van der Waals surface area contributed by atoms with Crippen LogP contribution in [0.5, 0.6) is 5.75 Å². The van der Waals surface area contributed by atoms with Crippen molar-refractivity contribution in [1.29, 1.82) is 0 Å². The summed E-state index contributed by atoms with van der Waals surface area (Å²) in [7, 11) is 0. The van der Waals surface area contributed by atoms with Crippen LogP contribution >= 0.6 is 0 Å². The number of aryl methyl sites for hydroxylation is 2. The standard InChI is InChI=1S/C19H16O2/c1-11-9-12(2)17-16(10-11)21-19(20)15-8-7-13-5-3-4-6-14(13)18(15)17/h3-10,19-20H,1-2H3. The first-order chi connectivity index (χ1) is 10.1. The summed E-state index contributed by atoms with van der Waals surface area (Å²) >= 11 is 0. The normalized spacial score (nSPS) is 16.2. The molecule has 1 aliphatic heterocycles. The number of benzene rings is 3. The maximum Gasteiger partial charge on any atom is 0.224 e. The van der Waals surface area contributed by atoms with E-state index in [1.807, 2.05) is 37.3 Å². The van der Waals surface area contributed by atoms with Gasteiger partial charge >= 0.3 is 0 Å². The third kappa shape index (κ3) is 1.76. The molecule has 0 saturated heterocycles. The Labute approximate surface area is 123 Å². The molecule has 1 aliphatic rings. The summed E-state index contributed by atoms with van der Waals surface area (Å²) in [5.41, 5.74) is 5.35. The largest absolute Gasteiger partial charge is 0.460 e. The minimum absolute atomic E-state index is 0.767. The van der Waals surface area contributed by atoms with E-state index in [1.54, 1.807) is 0 Å². The minimum Gasteiger partial charge on any atom is -0.460 e. The Balaban J connectivity index is 2.17. The Morgan fingerprint density at radius 2 is 1.76 bits per heavy atom. The smallest absolute Gasteiger partial charge is 0.224 e. The van der Waals surface area contributed by atoms with E-state index in [4.69, 9.17) is 4.74 Å². The van der Waals surface area contributed by atoms with Gasteiger partial charge in [0.25, 0.3) is 0 Å². The SMILES string of the molecule is Cc1cc(C)c2c(c1)OC(O)c1ccc3ccccc3c1-2. The van der Waals surface area contributed by atoms with E-state index >= 15 is 0 Å². The van der Waals surface area contributed by atoms with Crippen LogP contribution in [0.1, 0.15) is 23.0 Å². The van der Waals surface area contributed by atoms with Gasteiger partial charge in [-0.15, -0.1) is 0 Å². The second-order valence-corrected chi connectivity index (χ2v) is 5.68. The van der Waals surface area contributed by atoms with E-state index in [1.165, 1.54) is 10.9 Å². The summed E-state index contributed by atoms with van der Waals surface area (Å²) < 4.78 is 5.72. The first-order valence-electron chi connectivity index (χ1n) is 7.13. The molecule has 0 saturated carbocycles. The summed E-state index contributed by atoms with van der Waals surface area (Å²) in [6, 6.07) is 16.4. The Morgan fingerprint density at radius 1 is 0.952 bits per heavy atom. The van der Waals surface area contributed by atoms with Gasteiger partial charge in [-0.2, -0.15) is 0 Å². The topological polar surface area (TPSA) is 29.5 Å². The van der Waals surface area contributed by atoms with Crippen molar-refractivity contribution in [2.45, 2.75) is 20.1 Å².